The molecule has 9 nitrogen and oxygen atoms in total. The van der Waals surface area contributed by atoms with Crippen LogP contribution < -0.4 is 10.2 Å². The Bertz CT molecular complexity index is 1290. The van der Waals surface area contributed by atoms with Crippen molar-refractivity contribution in [2.45, 2.75) is 37.7 Å². The number of carbonyl (C=O) groups is 1. The van der Waals surface area contributed by atoms with Crippen molar-refractivity contribution in [3.63, 3.8) is 0 Å². The number of carbonyl (C=O) groups excluding carboxylic acids is 1. The van der Waals surface area contributed by atoms with E-state index in [1.807, 2.05) is 18.2 Å². The molecule has 0 bridgehead atoms. The molecule has 3 heterocycles. The van der Waals surface area contributed by atoms with E-state index in [1.165, 1.54) is 18.3 Å². The van der Waals surface area contributed by atoms with Crippen LogP contribution in [0.25, 0.3) is 0 Å². The monoisotopic (exact) mass is 567 g/mol. The second-order valence-electron chi connectivity index (χ2n) is 10.4. The highest BCUT2D eigenvalue weighted by Crippen LogP contribution is 2.47. The fourth-order valence-corrected chi connectivity index (χ4v) is 6.53. The number of pyridine rings is 1. The number of allylic oxidation sites excluding steroid dienone is 2. The number of anilines is 2. The van der Waals surface area contributed by atoms with Gasteiger partial charge < -0.3 is 29.7 Å². The van der Waals surface area contributed by atoms with Crippen LogP contribution in [0.5, 0.6) is 0 Å². The smallest absolute Gasteiger partial charge is 0.318 e. The SMILES string of the molecule is CC(C)OC(=O)[C@]12CC(C=N)=C(Nc3ccc(F)cc3)C=C1CCN([S+]([O-])c1ccc(N3CCOCC3)nc1)C2. The largest absolute Gasteiger partial charge is 0.593 e. The number of esters is 1. The number of aromatic nitrogens is 1. The van der Waals surface area contributed by atoms with Gasteiger partial charge in [-0.15, -0.1) is 4.31 Å². The number of piperidine rings is 1. The van der Waals surface area contributed by atoms with E-state index < -0.39 is 22.7 Å². The van der Waals surface area contributed by atoms with Crippen LogP contribution in [-0.2, 0) is 25.6 Å². The van der Waals surface area contributed by atoms with Crippen molar-refractivity contribution in [1.29, 1.82) is 5.41 Å². The molecule has 1 aromatic carbocycles. The lowest BCUT2D eigenvalue weighted by atomic mass is 9.68. The van der Waals surface area contributed by atoms with Gasteiger partial charge in [-0.25, -0.2) is 9.37 Å². The second-order valence-corrected chi connectivity index (χ2v) is 11.9. The number of benzene rings is 1. The van der Waals surface area contributed by atoms with E-state index >= 15 is 0 Å². The lowest BCUT2D eigenvalue weighted by Crippen LogP contribution is -2.53. The third-order valence-electron chi connectivity index (χ3n) is 7.37. The van der Waals surface area contributed by atoms with E-state index in [0.29, 0.717) is 48.0 Å². The van der Waals surface area contributed by atoms with Crippen molar-refractivity contribution in [2.75, 3.05) is 49.6 Å². The standard InChI is InChI=1S/C29H34FN5O4S/c1-20(2)39-28(36)29-16-21(17-31)26(33-24-5-3-23(30)4-6-24)15-22(29)9-10-35(19-29)40(37)25-7-8-27(32-18-25)34-11-13-38-14-12-34/h3-8,15,17-18,20,31,33H,9-14,16,19H2,1-2H3/t29-,40?/m0/s1. The van der Waals surface area contributed by atoms with Gasteiger partial charge in [-0.3, -0.25) is 4.79 Å². The summed E-state index contributed by atoms with van der Waals surface area (Å²) in [7, 11) is 0. The summed E-state index contributed by atoms with van der Waals surface area (Å²) in [5.41, 5.74) is 1.75. The van der Waals surface area contributed by atoms with Gasteiger partial charge in [0.15, 0.2) is 4.90 Å². The molecule has 1 unspecified atom stereocenters. The first-order valence-corrected chi connectivity index (χ1v) is 14.5. The Morgan fingerprint density at radius 1 is 1.23 bits per heavy atom. The van der Waals surface area contributed by atoms with Crippen LogP contribution in [0.3, 0.4) is 0 Å². The summed E-state index contributed by atoms with van der Waals surface area (Å²) in [6.07, 6.45) is 5.16. The molecular formula is C29H34FN5O4S. The highest BCUT2D eigenvalue weighted by Gasteiger charge is 2.52. The maximum Gasteiger partial charge on any atom is 0.318 e. The third-order valence-corrected chi connectivity index (χ3v) is 8.80. The van der Waals surface area contributed by atoms with Gasteiger partial charge >= 0.3 is 5.97 Å². The predicted octanol–water partition coefficient (Wildman–Crippen LogP) is 4.07. The molecule has 3 aliphatic rings. The molecule has 2 aromatic rings. The fraction of sp³-hybridized carbons (Fsp3) is 0.414. The molecule has 2 N–H and O–H groups in total. The molecule has 1 aromatic heterocycles. The lowest BCUT2D eigenvalue weighted by molar-refractivity contribution is -0.158. The minimum Gasteiger partial charge on any atom is -0.593 e. The Labute approximate surface area is 236 Å². The Balaban J connectivity index is 1.40. The summed E-state index contributed by atoms with van der Waals surface area (Å²) in [5, 5.41) is 11.4. The molecule has 0 amide bonds. The zero-order valence-electron chi connectivity index (χ0n) is 22.7. The van der Waals surface area contributed by atoms with Crippen molar-refractivity contribution in [2.24, 2.45) is 5.41 Å². The van der Waals surface area contributed by atoms with E-state index in [-0.39, 0.29) is 24.9 Å². The van der Waals surface area contributed by atoms with Gasteiger partial charge in [0.2, 0.25) is 0 Å². The van der Waals surface area contributed by atoms with Gasteiger partial charge in [0, 0.05) is 43.3 Å². The molecule has 40 heavy (non-hydrogen) atoms. The Morgan fingerprint density at radius 3 is 2.62 bits per heavy atom. The van der Waals surface area contributed by atoms with Crippen LogP contribution in [-0.4, -0.2) is 71.5 Å². The number of hydrogen-bond donors (Lipinski definition) is 2. The van der Waals surface area contributed by atoms with Crippen molar-refractivity contribution >= 4 is 35.1 Å². The van der Waals surface area contributed by atoms with Crippen LogP contribution in [0.2, 0.25) is 0 Å². The number of nitrogens with one attached hydrogen (secondary N) is 2. The van der Waals surface area contributed by atoms with Gasteiger partial charge in [0.25, 0.3) is 0 Å². The minimum atomic E-state index is -1.54. The molecule has 1 aliphatic carbocycles. The highest BCUT2D eigenvalue weighted by molar-refractivity contribution is 7.89. The molecule has 11 heteroatoms. The molecule has 212 valence electrons. The zero-order chi connectivity index (χ0) is 28.3. The van der Waals surface area contributed by atoms with Crippen LogP contribution in [0, 0.1) is 16.6 Å². The normalized spacial score (nSPS) is 22.4. The molecular weight excluding hydrogens is 533 g/mol. The molecule has 0 spiro atoms. The van der Waals surface area contributed by atoms with Crippen LogP contribution in [0.4, 0.5) is 15.9 Å². The molecule has 0 radical (unpaired) electrons. The maximum absolute atomic E-state index is 13.7. The topological polar surface area (TPSA) is 114 Å². The third kappa shape index (κ3) is 5.92. The first kappa shape index (κ1) is 28.3. The van der Waals surface area contributed by atoms with Crippen molar-refractivity contribution in [3.05, 3.63) is 71.3 Å². The summed E-state index contributed by atoms with van der Waals surface area (Å²) in [6, 6.07) is 9.68. The first-order chi connectivity index (χ1) is 19.3. The van der Waals surface area contributed by atoms with Gasteiger partial charge in [-0.05, 0) is 74.2 Å². The number of nitrogens with zero attached hydrogens (tertiary/aromatic N) is 3. The fourth-order valence-electron chi connectivity index (χ4n) is 5.31. The molecule has 2 fully saturated rings. The Kier molecular flexibility index (Phi) is 8.55. The maximum atomic E-state index is 13.7. The number of ether oxygens (including phenoxy) is 2. The first-order valence-electron chi connectivity index (χ1n) is 13.4. The average Bonchev–Trinajstić information content (AvgIpc) is 2.97. The van der Waals surface area contributed by atoms with Crippen LogP contribution in [0.1, 0.15) is 26.7 Å². The number of hydrogen-bond acceptors (Lipinski definition) is 9. The summed E-state index contributed by atoms with van der Waals surface area (Å²) < 4.78 is 40.1. The van der Waals surface area contributed by atoms with E-state index in [4.69, 9.17) is 14.9 Å². The summed E-state index contributed by atoms with van der Waals surface area (Å²) >= 11 is -1.54. The van der Waals surface area contributed by atoms with Gasteiger partial charge in [0.05, 0.1) is 43.4 Å². The van der Waals surface area contributed by atoms with Gasteiger partial charge in [-0.2, -0.15) is 0 Å². The number of fused-ring (bicyclic) bond motifs is 1. The van der Waals surface area contributed by atoms with Gasteiger partial charge in [-0.1, -0.05) is 0 Å². The minimum absolute atomic E-state index is 0.184. The molecule has 5 rings (SSSR count). The quantitative estimate of drug-likeness (QED) is 0.279. The summed E-state index contributed by atoms with van der Waals surface area (Å²) in [4.78, 5) is 20.9. The molecule has 2 atom stereocenters. The highest BCUT2D eigenvalue weighted by atomic mass is 32.2. The molecule has 0 saturated carbocycles. The second kappa shape index (κ2) is 12.1. The summed E-state index contributed by atoms with van der Waals surface area (Å²) in [5.74, 6) is 0.0890. The van der Waals surface area contributed by atoms with E-state index in [2.05, 4.69) is 15.2 Å². The van der Waals surface area contributed by atoms with Gasteiger partial charge in [0.1, 0.15) is 17.1 Å². The van der Waals surface area contributed by atoms with Crippen molar-refractivity contribution in [3.8, 4) is 0 Å². The van der Waals surface area contributed by atoms with E-state index in [0.717, 1.165) is 24.5 Å². The van der Waals surface area contributed by atoms with E-state index in [9.17, 15) is 13.7 Å². The van der Waals surface area contributed by atoms with Crippen LogP contribution in [0.15, 0.2) is 70.4 Å². The van der Waals surface area contributed by atoms with Crippen molar-refractivity contribution < 1.29 is 23.2 Å². The number of morpholine rings is 1. The molecule has 2 saturated heterocycles. The lowest BCUT2D eigenvalue weighted by Gasteiger charge is -2.44. The number of rotatable bonds is 8. The van der Waals surface area contributed by atoms with Crippen LogP contribution >= 0.6 is 0 Å². The summed E-state index contributed by atoms with van der Waals surface area (Å²) in [6.45, 7) is 7.09. The van der Waals surface area contributed by atoms with Crippen molar-refractivity contribution in [1.82, 2.24) is 9.29 Å². The Hall–Kier alpha value is -3.25. The number of halogens is 1. The zero-order valence-corrected chi connectivity index (χ0v) is 23.5. The average molecular weight is 568 g/mol. The Morgan fingerprint density at radius 2 is 1.98 bits per heavy atom. The predicted molar refractivity (Wildman–Crippen MR) is 152 cm³/mol. The van der Waals surface area contributed by atoms with E-state index in [1.54, 1.807) is 36.5 Å². The molecule has 2 aliphatic heterocycles.